The van der Waals surface area contributed by atoms with Gasteiger partial charge < -0.3 is 24.6 Å². The minimum atomic E-state index is -0.560. The molecule has 4 fully saturated rings. The van der Waals surface area contributed by atoms with Crippen LogP contribution in [0.5, 0.6) is 17.2 Å². The van der Waals surface area contributed by atoms with Crippen LogP contribution in [0.2, 0.25) is 0 Å². The normalized spacial score (nSPS) is 32.7. The number of phenolic OH excluding ortho intramolecular Hbond substituents is 2. The number of esters is 1. The van der Waals surface area contributed by atoms with Crippen LogP contribution in [0.1, 0.15) is 48.9 Å². The van der Waals surface area contributed by atoms with E-state index in [0.29, 0.717) is 36.2 Å². The molecule has 8 heteroatoms. The van der Waals surface area contributed by atoms with Gasteiger partial charge in [0.05, 0.1) is 12.7 Å². The first-order valence-corrected chi connectivity index (χ1v) is 11.3. The van der Waals surface area contributed by atoms with Gasteiger partial charge in [-0.3, -0.25) is 9.69 Å². The molecular weight excluding hydrogens is 400 g/mol. The third-order valence-corrected chi connectivity index (χ3v) is 7.68. The predicted molar refractivity (Wildman–Crippen MR) is 111 cm³/mol. The minimum absolute atomic E-state index is 0.0653. The first-order chi connectivity index (χ1) is 14.9. The lowest BCUT2D eigenvalue weighted by molar-refractivity contribution is -0.150. The van der Waals surface area contributed by atoms with E-state index in [0.717, 1.165) is 51.7 Å². The molecule has 8 nitrogen and oxygen atoms in total. The molecule has 0 aliphatic carbocycles. The lowest BCUT2D eigenvalue weighted by Crippen LogP contribution is -2.65. The molecule has 2 bridgehead atoms. The van der Waals surface area contributed by atoms with Crippen molar-refractivity contribution in [2.45, 2.75) is 56.7 Å². The Bertz CT molecular complexity index is 866. The van der Waals surface area contributed by atoms with Crippen molar-refractivity contribution in [3.63, 3.8) is 0 Å². The van der Waals surface area contributed by atoms with Crippen molar-refractivity contribution in [2.75, 3.05) is 26.7 Å². The molecule has 1 aromatic rings. The summed E-state index contributed by atoms with van der Waals surface area (Å²) in [4.78, 5) is 29.8. The van der Waals surface area contributed by atoms with E-state index in [2.05, 4.69) is 9.80 Å². The van der Waals surface area contributed by atoms with Gasteiger partial charge in [-0.25, -0.2) is 4.79 Å². The van der Waals surface area contributed by atoms with Crippen molar-refractivity contribution in [1.29, 1.82) is 0 Å². The van der Waals surface area contributed by atoms with Crippen LogP contribution >= 0.6 is 0 Å². The molecule has 31 heavy (non-hydrogen) atoms. The molecule has 5 atom stereocenters. The Morgan fingerprint density at radius 3 is 2.55 bits per heavy atom. The Labute approximate surface area is 181 Å². The molecule has 2 N–H and O–H groups in total. The summed E-state index contributed by atoms with van der Waals surface area (Å²) in [5, 5.41) is 19.9. The van der Waals surface area contributed by atoms with Gasteiger partial charge in [0, 0.05) is 44.6 Å². The molecule has 168 valence electrons. The largest absolute Gasteiger partial charge is 0.504 e. The van der Waals surface area contributed by atoms with Gasteiger partial charge in [-0.1, -0.05) is 0 Å². The summed E-state index contributed by atoms with van der Waals surface area (Å²) in [7, 11) is 1.33. The number of carbonyl (C=O) groups is 2. The number of benzene rings is 1. The van der Waals surface area contributed by atoms with E-state index >= 15 is 0 Å². The number of hydrogen-bond acceptors (Lipinski definition) is 7. The van der Waals surface area contributed by atoms with E-state index in [1.807, 2.05) is 0 Å². The molecule has 5 rings (SSSR count). The van der Waals surface area contributed by atoms with Crippen molar-refractivity contribution in [2.24, 2.45) is 11.8 Å². The van der Waals surface area contributed by atoms with E-state index in [-0.39, 0.29) is 28.9 Å². The zero-order chi connectivity index (χ0) is 21.7. The SMILES string of the molecule is COc1c(O)cc(C(=O)O[C@H]2CCN3C[C@H]4C[C@@H](CN5C(=O)CCC[C@H]45)C3C2)cc1O. The molecule has 0 spiro atoms. The number of fused-ring (bicyclic) bond motifs is 6. The fourth-order valence-electron chi connectivity index (χ4n) is 6.30. The number of nitrogens with zero attached hydrogens (tertiary/aromatic N) is 2. The average molecular weight is 431 g/mol. The van der Waals surface area contributed by atoms with Gasteiger partial charge >= 0.3 is 5.97 Å². The van der Waals surface area contributed by atoms with Crippen molar-refractivity contribution < 1.29 is 29.3 Å². The van der Waals surface area contributed by atoms with Gasteiger partial charge in [0.1, 0.15) is 6.10 Å². The number of ether oxygens (including phenoxy) is 2. The first kappa shape index (κ1) is 20.4. The Balaban J connectivity index is 1.26. The van der Waals surface area contributed by atoms with Gasteiger partial charge in [0.15, 0.2) is 11.5 Å². The van der Waals surface area contributed by atoms with Crippen LogP contribution in [0.15, 0.2) is 12.1 Å². The highest BCUT2D eigenvalue weighted by atomic mass is 16.5. The number of carbonyl (C=O) groups excluding carboxylic acids is 2. The van der Waals surface area contributed by atoms with Gasteiger partial charge in [-0.2, -0.15) is 0 Å². The Hall–Kier alpha value is -2.48. The summed E-state index contributed by atoms with van der Waals surface area (Å²) in [6.45, 7) is 2.73. The third-order valence-electron chi connectivity index (χ3n) is 7.68. The van der Waals surface area contributed by atoms with Crippen LogP contribution in [-0.2, 0) is 9.53 Å². The van der Waals surface area contributed by atoms with Crippen molar-refractivity contribution in [3.05, 3.63) is 17.7 Å². The summed E-state index contributed by atoms with van der Waals surface area (Å²) in [5.74, 6) is 0.0596. The van der Waals surface area contributed by atoms with Gasteiger partial charge in [0.25, 0.3) is 0 Å². The van der Waals surface area contributed by atoms with Gasteiger partial charge in [0.2, 0.25) is 11.7 Å². The third kappa shape index (κ3) is 3.60. The average Bonchev–Trinajstić information content (AvgIpc) is 2.75. The van der Waals surface area contributed by atoms with Crippen LogP contribution in [-0.4, -0.2) is 76.8 Å². The number of amides is 1. The summed E-state index contributed by atoms with van der Waals surface area (Å²) in [6.07, 6.45) is 5.27. The number of aromatic hydroxyl groups is 2. The molecule has 1 unspecified atom stereocenters. The number of phenols is 2. The lowest BCUT2D eigenvalue weighted by Gasteiger charge is -2.57. The zero-order valence-electron chi connectivity index (χ0n) is 17.8. The fraction of sp³-hybridized carbons (Fsp3) is 0.652. The van der Waals surface area contributed by atoms with Crippen LogP contribution in [0.25, 0.3) is 0 Å². The monoisotopic (exact) mass is 430 g/mol. The molecule has 4 aliphatic rings. The molecular formula is C23H30N2O6. The van der Waals surface area contributed by atoms with Crippen molar-refractivity contribution >= 4 is 11.9 Å². The summed E-state index contributed by atoms with van der Waals surface area (Å²) in [5.41, 5.74) is 0.0985. The lowest BCUT2D eigenvalue weighted by atomic mass is 9.70. The minimum Gasteiger partial charge on any atom is -0.504 e. The molecule has 0 aromatic heterocycles. The molecule has 1 aromatic carbocycles. The molecule has 0 radical (unpaired) electrons. The predicted octanol–water partition coefficient (Wildman–Crippen LogP) is 2.13. The molecule has 0 saturated carbocycles. The quantitative estimate of drug-likeness (QED) is 0.709. The van der Waals surface area contributed by atoms with Crippen molar-refractivity contribution in [3.8, 4) is 17.2 Å². The van der Waals surface area contributed by atoms with Gasteiger partial charge in [-0.05, 0) is 49.7 Å². The highest BCUT2D eigenvalue weighted by molar-refractivity contribution is 5.91. The van der Waals surface area contributed by atoms with E-state index < -0.39 is 5.97 Å². The molecule has 4 saturated heterocycles. The first-order valence-electron chi connectivity index (χ1n) is 11.3. The van der Waals surface area contributed by atoms with E-state index in [1.54, 1.807) is 0 Å². The molecule has 1 amide bonds. The second-order valence-electron chi connectivity index (χ2n) is 9.42. The van der Waals surface area contributed by atoms with E-state index in [1.165, 1.54) is 19.2 Å². The van der Waals surface area contributed by atoms with Crippen LogP contribution in [0.4, 0.5) is 0 Å². The Morgan fingerprint density at radius 2 is 1.81 bits per heavy atom. The Morgan fingerprint density at radius 1 is 1.06 bits per heavy atom. The second-order valence-corrected chi connectivity index (χ2v) is 9.42. The van der Waals surface area contributed by atoms with Crippen LogP contribution in [0.3, 0.4) is 0 Å². The maximum atomic E-state index is 12.7. The maximum Gasteiger partial charge on any atom is 0.338 e. The van der Waals surface area contributed by atoms with Crippen LogP contribution in [0, 0.1) is 11.8 Å². The number of rotatable bonds is 3. The Kier molecular flexibility index (Phi) is 5.20. The van der Waals surface area contributed by atoms with Crippen molar-refractivity contribution in [1.82, 2.24) is 9.80 Å². The van der Waals surface area contributed by atoms with Gasteiger partial charge in [-0.15, -0.1) is 0 Å². The summed E-state index contributed by atoms with van der Waals surface area (Å²) in [6, 6.07) is 3.23. The van der Waals surface area contributed by atoms with Crippen LogP contribution < -0.4 is 4.74 Å². The van der Waals surface area contributed by atoms with E-state index in [9.17, 15) is 19.8 Å². The number of hydrogen-bond donors (Lipinski definition) is 2. The topological polar surface area (TPSA) is 99.5 Å². The maximum absolute atomic E-state index is 12.7. The fourth-order valence-corrected chi connectivity index (χ4v) is 6.30. The standard InChI is InChI=1S/C23H30N2O6/c1-30-22-19(26)8-13(9-20(22)27)23(29)31-16-5-6-24-11-14-7-15(18(24)10-16)12-25-17(14)3-2-4-21(25)28/h8-9,14-18,26-27H,2-7,10-12H2,1H3/t14-,15+,16+,17-,18?/m1/s1. The number of methoxy groups -OCH3 is 1. The molecule has 4 aliphatic heterocycles. The molecule has 4 heterocycles. The highest BCUT2D eigenvalue weighted by Crippen LogP contribution is 2.43. The summed E-state index contributed by atoms with van der Waals surface area (Å²) >= 11 is 0. The second kappa shape index (κ2) is 7.89. The summed E-state index contributed by atoms with van der Waals surface area (Å²) < 4.78 is 10.7. The van der Waals surface area contributed by atoms with E-state index in [4.69, 9.17) is 9.47 Å². The highest BCUT2D eigenvalue weighted by Gasteiger charge is 2.49. The smallest absolute Gasteiger partial charge is 0.338 e. The number of piperidine rings is 4. The zero-order valence-corrected chi connectivity index (χ0v) is 17.8.